The van der Waals surface area contributed by atoms with Crippen molar-refractivity contribution in [1.82, 2.24) is 14.9 Å². The van der Waals surface area contributed by atoms with Gasteiger partial charge in [-0.1, -0.05) is 80.1 Å². The van der Waals surface area contributed by atoms with Gasteiger partial charge in [-0.2, -0.15) is 0 Å². The molecule has 1 saturated heterocycles. The summed E-state index contributed by atoms with van der Waals surface area (Å²) in [5.41, 5.74) is 3.79. The van der Waals surface area contributed by atoms with Crippen LogP contribution >= 0.6 is 11.8 Å². The Bertz CT molecular complexity index is 1510. The van der Waals surface area contributed by atoms with Crippen LogP contribution in [-0.2, 0) is 39.0 Å². The summed E-state index contributed by atoms with van der Waals surface area (Å²) in [7, 11) is -4.07. The number of nitrogens with one attached hydrogen (secondary N) is 2. The Morgan fingerprint density at radius 3 is 2.30 bits per heavy atom. The van der Waals surface area contributed by atoms with Gasteiger partial charge in [-0.05, 0) is 68.0 Å². The maximum Gasteiger partial charge on any atom is 0.254 e. The van der Waals surface area contributed by atoms with Gasteiger partial charge in [0.25, 0.3) is 5.91 Å². The number of nitrogens with zero attached hydrogens (tertiary/aromatic N) is 1. The van der Waals surface area contributed by atoms with Crippen molar-refractivity contribution in [2.45, 2.75) is 81.3 Å². The van der Waals surface area contributed by atoms with Gasteiger partial charge in [0.2, 0.25) is 15.9 Å². The summed E-state index contributed by atoms with van der Waals surface area (Å²) in [6, 6.07) is 21.4. The van der Waals surface area contributed by atoms with Crippen LogP contribution in [0.25, 0.3) is 0 Å². The monoisotopic (exact) mass is 623 g/mol. The first-order chi connectivity index (χ1) is 20.4. The number of benzene rings is 3. The molecule has 3 unspecified atom stereocenters. The standard InChI is InChI=1S/C33H41N3O5S2/c1-5-11-24-16-18-27(19-17-24)43(40,41)35-28(20-25-13-7-6-8-14-25)29(37)32(39)36-22-42-33(3,4)30(36)31(38)34-21-26-15-10-9-12-23(26)2/h6-10,12-19,28-30,35,37H,5,11,20-22H2,1-4H3,(H,34,38). The molecule has 3 aromatic carbocycles. The van der Waals surface area contributed by atoms with Gasteiger partial charge in [0.05, 0.1) is 16.8 Å². The second-order valence-electron chi connectivity index (χ2n) is 11.5. The Morgan fingerprint density at radius 2 is 1.65 bits per heavy atom. The Morgan fingerprint density at radius 1 is 1.00 bits per heavy atom. The lowest BCUT2D eigenvalue weighted by Crippen LogP contribution is -2.58. The first-order valence-corrected chi connectivity index (χ1v) is 17.0. The fourth-order valence-electron chi connectivity index (χ4n) is 5.32. The van der Waals surface area contributed by atoms with E-state index in [-0.39, 0.29) is 23.1 Å². The zero-order chi connectivity index (χ0) is 31.2. The minimum atomic E-state index is -4.07. The lowest BCUT2D eigenvalue weighted by molar-refractivity contribution is -0.147. The fourth-order valence-corrected chi connectivity index (χ4v) is 7.70. The van der Waals surface area contributed by atoms with E-state index < -0.39 is 38.9 Å². The minimum absolute atomic E-state index is 0.0522. The topological polar surface area (TPSA) is 116 Å². The molecule has 0 spiro atoms. The van der Waals surface area contributed by atoms with E-state index in [1.807, 2.05) is 75.4 Å². The molecule has 0 radical (unpaired) electrons. The molecule has 1 aliphatic heterocycles. The van der Waals surface area contributed by atoms with E-state index in [0.717, 1.165) is 35.1 Å². The lowest BCUT2D eigenvalue weighted by Gasteiger charge is -2.33. The average molecular weight is 624 g/mol. The summed E-state index contributed by atoms with van der Waals surface area (Å²) >= 11 is 1.44. The summed E-state index contributed by atoms with van der Waals surface area (Å²) in [5.74, 6) is -0.836. The quantitative estimate of drug-likeness (QED) is 0.279. The van der Waals surface area contributed by atoms with Gasteiger partial charge >= 0.3 is 0 Å². The number of carbonyl (C=O) groups is 2. The van der Waals surface area contributed by atoms with E-state index in [0.29, 0.717) is 6.54 Å². The van der Waals surface area contributed by atoms with Crippen LogP contribution in [0.3, 0.4) is 0 Å². The third kappa shape index (κ3) is 8.06. The number of rotatable bonds is 12. The molecule has 10 heteroatoms. The minimum Gasteiger partial charge on any atom is -0.382 e. The highest BCUT2D eigenvalue weighted by Gasteiger charge is 2.50. The lowest BCUT2D eigenvalue weighted by atomic mass is 9.97. The molecule has 43 heavy (non-hydrogen) atoms. The molecule has 0 bridgehead atoms. The molecule has 1 aliphatic rings. The number of thioether (sulfide) groups is 1. The van der Waals surface area contributed by atoms with E-state index in [1.165, 1.54) is 28.8 Å². The highest BCUT2D eigenvalue weighted by Crippen LogP contribution is 2.40. The molecule has 3 aromatic rings. The van der Waals surface area contributed by atoms with Crippen molar-refractivity contribution in [2.24, 2.45) is 0 Å². The summed E-state index contributed by atoms with van der Waals surface area (Å²) in [6.07, 6.45) is 0.126. The van der Waals surface area contributed by atoms with Gasteiger partial charge in [-0.25, -0.2) is 13.1 Å². The van der Waals surface area contributed by atoms with Crippen molar-refractivity contribution in [3.63, 3.8) is 0 Å². The van der Waals surface area contributed by atoms with Crippen LogP contribution in [0.5, 0.6) is 0 Å². The first-order valence-electron chi connectivity index (χ1n) is 14.5. The highest BCUT2D eigenvalue weighted by molar-refractivity contribution is 8.00. The summed E-state index contributed by atoms with van der Waals surface area (Å²) in [4.78, 5) is 28.8. The number of hydrogen-bond acceptors (Lipinski definition) is 6. The maximum atomic E-state index is 13.9. The Labute approximate surface area is 259 Å². The average Bonchev–Trinajstić information content (AvgIpc) is 3.31. The van der Waals surface area contributed by atoms with Crippen molar-refractivity contribution in [1.29, 1.82) is 0 Å². The van der Waals surface area contributed by atoms with Gasteiger partial charge in [0.1, 0.15) is 12.1 Å². The third-order valence-electron chi connectivity index (χ3n) is 7.80. The Kier molecular flexibility index (Phi) is 10.7. The van der Waals surface area contributed by atoms with Gasteiger partial charge in [0.15, 0.2) is 0 Å². The van der Waals surface area contributed by atoms with Crippen molar-refractivity contribution < 1.29 is 23.1 Å². The molecule has 0 saturated carbocycles. The molecular weight excluding hydrogens is 583 g/mol. The summed E-state index contributed by atoms with van der Waals surface area (Å²) in [6.45, 7) is 8.11. The molecule has 2 amide bonds. The van der Waals surface area contributed by atoms with Crippen LogP contribution in [0.2, 0.25) is 0 Å². The van der Waals surface area contributed by atoms with Crippen LogP contribution in [-0.4, -0.2) is 59.1 Å². The van der Waals surface area contributed by atoms with E-state index in [1.54, 1.807) is 12.1 Å². The third-order valence-corrected chi connectivity index (χ3v) is 10.7. The van der Waals surface area contributed by atoms with E-state index in [2.05, 4.69) is 17.0 Å². The maximum absolute atomic E-state index is 13.9. The molecule has 1 heterocycles. The van der Waals surface area contributed by atoms with Crippen LogP contribution in [0, 0.1) is 6.92 Å². The zero-order valence-electron chi connectivity index (χ0n) is 25.1. The number of hydrogen-bond donors (Lipinski definition) is 3. The molecule has 0 aliphatic carbocycles. The molecule has 8 nitrogen and oxygen atoms in total. The van der Waals surface area contributed by atoms with Crippen molar-refractivity contribution in [3.8, 4) is 0 Å². The molecule has 230 valence electrons. The Balaban J connectivity index is 1.57. The molecule has 1 fully saturated rings. The molecule has 3 atom stereocenters. The van der Waals surface area contributed by atoms with Crippen LogP contribution in [0.15, 0.2) is 83.8 Å². The van der Waals surface area contributed by atoms with Gasteiger partial charge in [0, 0.05) is 11.3 Å². The normalized spacial score (nSPS) is 17.8. The molecule has 3 N–H and O–H groups in total. The predicted molar refractivity (Wildman–Crippen MR) is 171 cm³/mol. The molecule has 4 rings (SSSR count). The zero-order valence-corrected chi connectivity index (χ0v) is 26.8. The second-order valence-corrected chi connectivity index (χ2v) is 14.8. The highest BCUT2D eigenvalue weighted by atomic mass is 32.2. The molecular formula is C33H41N3O5S2. The van der Waals surface area contributed by atoms with Gasteiger partial charge in [-0.3, -0.25) is 9.59 Å². The number of aliphatic hydroxyl groups excluding tert-OH is 1. The fraction of sp³-hybridized carbons (Fsp3) is 0.394. The Hall–Kier alpha value is -3.18. The van der Waals surface area contributed by atoms with E-state index in [9.17, 15) is 23.1 Å². The second kappa shape index (κ2) is 14.1. The SMILES string of the molecule is CCCc1ccc(S(=O)(=O)NC(Cc2ccccc2)C(O)C(=O)N2CSC(C)(C)C2C(=O)NCc2ccccc2C)cc1. The van der Waals surface area contributed by atoms with Crippen molar-refractivity contribution in [3.05, 3.63) is 101 Å². The predicted octanol–water partition coefficient (Wildman–Crippen LogP) is 4.19. The largest absolute Gasteiger partial charge is 0.382 e. The van der Waals surface area contributed by atoms with Crippen molar-refractivity contribution >= 4 is 33.6 Å². The number of amides is 2. The van der Waals surface area contributed by atoms with Crippen molar-refractivity contribution in [2.75, 3.05) is 5.88 Å². The summed E-state index contributed by atoms with van der Waals surface area (Å²) < 4.78 is 28.9. The molecule has 0 aromatic heterocycles. The van der Waals surface area contributed by atoms with Crippen LogP contribution in [0.1, 0.15) is 49.4 Å². The number of sulfonamides is 1. The van der Waals surface area contributed by atoms with E-state index >= 15 is 0 Å². The smallest absolute Gasteiger partial charge is 0.254 e. The van der Waals surface area contributed by atoms with Gasteiger partial charge < -0.3 is 15.3 Å². The summed E-state index contributed by atoms with van der Waals surface area (Å²) in [5, 5.41) is 14.4. The van der Waals surface area contributed by atoms with Crippen LogP contribution in [0.4, 0.5) is 0 Å². The number of aryl methyl sites for hydroxylation is 2. The number of aliphatic hydroxyl groups is 1. The number of carbonyl (C=O) groups excluding carboxylic acids is 2. The van der Waals surface area contributed by atoms with E-state index in [4.69, 9.17) is 0 Å². The van der Waals surface area contributed by atoms with Gasteiger partial charge in [-0.15, -0.1) is 11.8 Å². The van der Waals surface area contributed by atoms with Crippen LogP contribution < -0.4 is 10.0 Å². The first kappa shape index (κ1) is 32.7.